The van der Waals surface area contributed by atoms with E-state index in [2.05, 4.69) is 5.32 Å². The first-order valence-electron chi connectivity index (χ1n) is 7.49. The average Bonchev–Trinajstić information content (AvgIpc) is 2.42. The number of aromatic nitrogens is 1. The molecule has 0 bridgehead atoms. The Labute approximate surface area is 130 Å². The SMILES string of the molecule is CCCC(C(=O)NC(C(=O)O)C(C)C)n1ccc(C)cc1=O. The van der Waals surface area contributed by atoms with E-state index in [1.54, 1.807) is 33.0 Å². The van der Waals surface area contributed by atoms with Crippen molar-refractivity contribution in [3.63, 3.8) is 0 Å². The molecule has 22 heavy (non-hydrogen) atoms. The number of pyridine rings is 1. The molecule has 1 aromatic rings. The molecule has 0 aliphatic heterocycles. The third-order valence-corrected chi connectivity index (χ3v) is 3.53. The van der Waals surface area contributed by atoms with Gasteiger partial charge in [0.15, 0.2) is 0 Å². The van der Waals surface area contributed by atoms with Crippen LogP contribution >= 0.6 is 0 Å². The topological polar surface area (TPSA) is 88.4 Å². The van der Waals surface area contributed by atoms with Gasteiger partial charge in [-0.3, -0.25) is 9.59 Å². The number of carbonyl (C=O) groups is 2. The largest absolute Gasteiger partial charge is 0.480 e. The van der Waals surface area contributed by atoms with Crippen LogP contribution in [0.15, 0.2) is 23.1 Å². The van der Waals surface area contributed by atoms with E-state index in [0.717, 1.165) is 5.56 Å². The highest BCUT2D eigenvalue weighted by atomic mass is 16.4. The summed E-state index contributed by atoms with van der Waals surface area (Å²) < 4.78 is 1.37. The number of carboxylic acid groups (broad SMARTS) is 1. The highest BCUT2D eigenvalue weighted by molar-refractivity contribution is 5.86. The zero-order valence-electron chi connectivity index (χ0n) is 13.5. The Hall–Kier alpha value is -2.11. The van der Waals surface area contributed by atoms with E-state index in [4.69, 9.17) is 0 Å². The maximum absolute atomic E-state index is 12.5. The first-order valence-corrected chi connectivity index (χ1v) is 7.49. The highest BCUT2D eigenvalue weighted by Crippen LogP contribution is 2.14. The summed E-state index contributed by atoms with van der Waals surface area (Å²) in [5.74, 6) is -1.75. The molecule has 0 fully saturated rings. The maximum atomic E-state index is 12.5. The molecule has 1 rings (SSSR count). The lowest BCUT2D eigenvalue weighted by Gasteiger charge is -2.23. The molecule has 0 saturated heterocycles. The second kappa shape index (κ2) is 7.77. The van der Waals surface area contributed by atoms with Crippen LogP contribution in [0.5, 0.6) is 0 Å². The Balaban J connectivity index is 3.06. The van der Waals surface area contributed by atoms with Crippen molar-refractivity contribution in [3.05, 3.63) is 34.2 Å². The summed E-state index contributed by atoms with van der Waals surface area (Å²) in [6, 6.07) is 1.56. The Morgan fingerprint density at radius 2 is 2.00 bits per heavy atom. The molecule has 6 heteroatoms. The molecule has 0 aliphatic rings. The van der Waals surface area contributed by atoms with Gasteiger partial charge in [0.1, 0.15) is 12.1 Å². The Kier molecular flexibility index (Phi) is 6.34. The van der Waals surface area contributed by atoms with Gasteiger partial charge in [-0.05, 0) is 30.9 Å². The lowest BCUT2D eigenvalue weighted by molar-refractivity contribution is -0.143. The molecule has 2 atom stereocenters. The number of hydrogen-bond donors (Lipinski definition) is 2. The van der Waals surface area contributed by atoms with Crippen molar-refractivity contribution in [3.8, 4) is 0 Å². The van der Waals surface area contributed by atoms with Gasteiger partial charge >= 0.3 is 5.97 Å². The molecule has 2 unspecified atom stereocenters. The van der Waals surface area contributed by atoms with Crippen LogP contribution < -0.4 is 10.9 Å². The third-order valence-electron chi connectivity index (χ3n) is 3.53. The average molecular weight is 308 g/mol. The van der Waals surface area contributed by atoms with Crippen LogP contribution in [0.4, 0.5) is 0 Å². The second-order valence-corrected chi connectivity index (χ2v) is 5.82. The van der Waals surface area contributed by atoms with Gasteiger partial charge in [0.2, 0.25) is 5.91 Å². The molecule has 2 N–H and O–H groups in total. The van der Waals surface area contributed by atoms with Crippen molar-refractivity contribution >= 4 is 11.9 Å². The summed E-state index contributed by atoms with van der Waals surface area (Å²) in [6.07, 6.45) is 2.76. The molecule has 1 amide bonds. The van der Waals surface area contributed by atoms with Gasteiger partial charge in [-0.15, -0.1) is 0 Å². The molecular formula is C16H24N2O4. The maximum Gasteiger partial charge on any atom is 0.326 e. The van der Waals surface area contributed by atoms with Crippen LogP contribution in [0, 0.1) is 12.8 Å². The quantitative estimate of drug-likeness (QED) is 0.803. The number of hydrogen-bond acceptors (Lipinski definition) is 3. The molecule has 0 spiro atoms. The van der Waals surface area contributed by atoms with Gasteiger partial charge in [0, 0.05) is 12.3 Å². The van der Waals surface area contributed by atoms with Gasteiger partial charge in [0.05, 0.1) is 0 Å². The molecule has 0 radical (unpaired) electrons. The minimum Gasteiger partial charge on any atom is -0.480 e. The smallest absolute Gasteiger partial charge is 0.326 e. The molecule has 6 nitrogen and oxygen atoms in total. The van der Waals surface area contributed by atoms with E-state index in [-0.39, 0.29) is 11.5 Å². The van der Waals surface area contributed by atoms with E-state index in [1.165, 1.54) is 10.6 Å². The molecule has 0 saturated carbocycles. The number of nitrogens with one attached hydrogen (secondary N) is 1. The van der Waals surface area contributed by atoms with E-state index in [1.807, 2.05) is 6.92 Å². The predicted molar refractivity (Wildman–Crippen MR) is 83.8 cm³/mol. The number of nitrogens with zero attached hydrogens (tertiary/aromatic N) is 1. The van der Waals surface area contributed by atoms with Crippen LogP contribution in [0.1, 0.15) is 45.2 Å². The standard InChI is InChI=1S/C16H24N2O4/c1-5-6-12(18-8-7-11(4)9-13(18)19)15(20)17-14(10(2)3)16(21)22/h7-10,12,14H,5-6H2,1-4H3,(H,17,20)(H,21,22). The summed E-state index contributed by atoms with van der Waals surface area (Å²) >= 11 is 0. The van der Waals surface area contributed by atoms with Gasteiger partial charge in [-0.1, -0.05) is 27.2 Å². The fraction of sp³-hybridized carbons (Fsp3) is 0.562. The van der Waals surface area contributed by atoms with E-state index in [0.29, 0.717) is 12.8 Å². The van der Waals surface area contributed by atoms with Crippen LogP contribution in [0.25, 0.3) is 0 Å². The molecular weight excluding hydrogens is 284 g/mol. The van der Waals surface area contributed by atoms with Crippen molar-refractivity contribution in [2.75, 3.05) is 0 Å². The first kappa shape index (κ1) is 17.9. The van der Waals surface area contributed by atoms with Gasteiger partial charge in [-0.25, -0.2) is 4.79 Å². The zero-order valence-corrected chi connectivity index (χ0v) is 13.5. The number of aliphatic carboxylic acids is 1. The fourth-order valence-electron chi connectivity index (χ4n) is 2.28. The van der Waals surface area contributed by atoms with Crippen molar-refractivity contribution in [1.82, 2.24) is 9.88 Å². The van der Waals surface area contributed by atoms with Gasteiger partial charge < -0.3 is 15.0 Å². The zero-order chi connectivity index (χ0) is 16.9. The van der Waals surface area contributed by atoms with E-state index in [9.17, 15) is 19.5 Å². The van der Waals surface area contributed by atoms with Crippen LogP contribution in [0.3, 0.4) is 0 Å². The Bertz CT molecular complexity index is 592. The lowest BCUT2D eigenvalue weighted by atomic mass is 10.0. The fourth-order valence-corrected chi connectivity index (χ4v) is 2.28. The number of rotatable bonds is 7. The van der Waals surface area contributed by atoms with Gasteiger partial charge in [0.25, 0.3) is 5.56 Å². The van der Waals surface area contributed by atoms with Gasteiger partial charge in [-0.2, -0.15) is 0 Å². The third kappa shape index (κ3) is 4.44. The normalized spacial score (nSPS) is 13.7. The Morgan fingerprint density at radius 1 is 1.36 bits per heavy atom. The molecule has 1 aromatic heterocycles. The highest BCUT2D eigenvalue weighted by Gasteiger charge is 2.28. The monoisotopic (exact) mass is 308 g/mol. The lowest BCUT2D eigenvalue weighted by Crippen LogP contribution is -2.48. The molecule has 0 aromatic carbocycles. The molecule has 122 valence electrons. The number of aryl methyl sites for hydroxylation is 1. The van der Waals surface area contributed by atoms with Crippen LogP contribution in [-0.2, 0) is 9.59 Å². The number of carbonyl (C=O) groups excluding carboxylic acids is 1. The van der Waals surface area contributed by atoms with Crippen molar-refractivity contribution in [2.24, 2.45) is 5.92 Å². The van der Waals surface area contributed by atoms with Crippen molar-refractivity contribution in [2.45, 2.75) is 52.6 Å². The van der Waals surface area contributed by atoms with Crippen molar-refractivity contribution in [1.29, 1.82) is 0 Å². The first-order chi connectivity index (χ1) is 10.3. The summed E-state index contributed by atoms with van der Waals surface area (Å²) in [5.41, 5.74) is 0.563. The summed E-state index contributed by atoms with van der Waals surface area (Å²) in [6.45, 7) is 7.17. The molecule has 1 heterocycles. The van der Waals surface area contributed by atoms with Crippen LogP contribution in [0.2, 0.25) is 0 Å². The second-order valence-electron chi connectivity index (χ2n) is 5.82. The number of carboxylic acids is 1. The summed E-state index contributed by atoms with van der Waals surface area (Å²) in [5, 5.41) is 11.7. The predicted octanol–water partition coefficient (Wildman–Crippen LogP) is 1.72. The van der Waals surface area contributed by atoms with Crippen LogP contribution in [-0.4, -0.2) is 27.6 Å². The Morgan fingerprint density at radius 3 is 2.45 bits per heavy atom. The minimum atomic E-state index is -1.07. The molecule has 0 aliphatic carbocycles. The van der Waals surface area contributed by atoms with E-state index < -0.39 is 24.0 Å². The number of amides is 1. The summed E-state index contributed by atoms with van der Waals surface area (Å²) in [7, 11) is 0. The summed E-state index contributed by atoms with van der Waals surface area (Å²) in [4.78, 5) is 35.8. The minimum absolute atomic E-state index is 0.238. The van der Waals surface area contributed by atoms with Crippen molar-refractivity contribution < 1.29 is 14.7 Å². The van der Waals surface area contributed by atoms with E-state index >= 15 is 0 Å².